The van der Waals surface area contributed by atoms with E-state index in [2.05, 4.69) is 37.0 Å². The Morgan fingerprint density at radius 2 is 1.75 bits per heavy atom. The maximum Gasteiger partial charge on any atom is 0.122 e. The summed E-state index contributed by atoms with van der Waals surface area (Å²) in [6.07, 6.45) is 3.85. The van der Waals surface area contributed by atoms with Crippen LogP contribution in [0.1, 0.15) is 22.3 Å². The van der Waals surface area contributed by atoms with Gasteiger partial charge in [-0.15, -0.1) is 0 Å². The van der Waals surface area contributed by atoms with E-state index in [9.17, 15) is 0 Å². The van der Waals surface area contributed by atoms with Gasteiger partial charge in [-0.3, -0.25) is 0 Å². The van der Waals surface area contributed by atoms with Crippen LogP contribution in [0.25, 0.3) is 6.08 Å². The first-order valence-corrected chi connectivity index (χ1v) is 6.58. The highest BCUT2D eigenvalue weighted by atomic mass is 16.5. The van der Waals surface area contributed by atoms with Gasteiger partial charge in [-0.05, 0) is 55.3 Å². The van der Waals surface area contributed by atoms with Crippen molar-refractivity contribution >= 4 is 6.08 Å². The minimum atomic E-state index is 0.902. The van der Waals surface area contributed by atoms with Crippen molar-refractivity contribution in [2.45, 2.75) is 13.8 Å². The number of ether oxygens (including phenoxy) is 1. The van der Waals surface area contributed by atoms with E-state index in [1.165, 1.54) is 5.56 Å². The molecule has 0 N–H and O–H groups in total. The molecule has 0 fully saturated rings. The summed E-state index contributed by atoms with van der Waals surface area (Å²) in [6.45, 7) is 4.10. The van der Waals surface area contributed by atoms with Gasteiger partial charge < -0.3 is 4.74 Å². The Bertz CT molecular complexity index is 667. The molecule has 0 saturated heterocycles. The molecule has 2 aromatic rings. The van der Waals surface area contributed by atoms with Crippen LogP contribution in [-0.4, -0.2) is 7.11 Å². The van der Waals surface area contributed by atoms with E-state index < -0.39 is 0 Å². The van der Waals surface area contributed by atoms with Crippen LogP contribution in [0.2, 0.25) is 0 Å². The quantitative estimate of drug-likeness (QED) is 0.730. The normalized spacial score (nSPS) is 10.2. The SMILES string of the molecule is COc1cc(/C=C/C#Cc2ccc(C)cc2)ccc1C. The number of hydrogen-bond acceptors (Lipinski definition) is 1. The number of aryl methyl sites for hydroxylation is 2. The van der Waals surface area contributed by atoms with Crippen LogP contribution in [0.5, 0.6) is 5.75 Å². The summed E-state index contributed by atoms with van der Waals surface area (Å²) in [5.41, 5.74) is 4.50. The molecule has 0 aliphatic heterocycles. The lowest BCUT2D eigenvalue weighted by atomic mass is 10.1. The highest BCUT2D eigenvalue weighted by Gasteiger charge is 1.96. The fraction of sp³-hybridized carbons (Fsp3) is 0.158. The van der Waals surface area contributed by atoms with Crippen LogP contribution in [0.15, 0.2) is 48.5 Å². The molecule has 1 heteroatoms. The second kappa shape index (κ2) is 6.63. The molecule has 0 unspecified atom stereocenters. The third-order valence-electron chi connectivity index (χ3n) is 3.06. The van der Waals surface area contributed by atoms with Gasteiger partial charge in [-0.25, -0.2) is 0 Å². The highest BCUT2D eigenvalue weighted by Crippen LogP contribution is 2.19. The molecule has 0 aliphatic rings. The molecule has 2 aromatic carbocycles. The third-order valence-corrected chi connectivity index (χ3v) is 3.06. The largest absolute Gasteiger partial charge is 0.496 e. The molecule has 0 amide bonds. The van der Waals surface area contributed by atoms with E-state index in [1.807, 2.05) is 43.3 Å². The van der Waals surface area contributed by atoms with Crippen LogP contribution in [0.4, 0.5) is 0 Å². The van der Waals surface area contributed by atoms with Gasteiger partial charge in [0, 0.05) is 5.56 Å². The number of hydrogen-bond donors (Lipinski definition) is 0. The van der Waals surface area contributed by atoms with Crippen LogP contribution in [0.3, 0.4) is 0 Å². The molecule has 0 aliphatic carbocycles. The van der Waals surface area contributed by atoms with E-state index in [-0.39, 0.29) is 0 Å². The van der Waals surface area contributed by atoms with Gasteiger partial charge in [0.2, 0.25) is 0 Å². The highest BCUT2D eigenvalue weighted by molar-refractivity contribution is 5.56. The van der Waals surface area contributed by atoms with Crippen LogP contribution < -0.4 is 4.74 Å². The van der Waals surface area contributed by atoms with Crippen LogP contribution >= 0.6 is 0 Å². The minimum absolute atomic E-state index is 0.902. The molecule has 20 heavy (non-hydrogen) atoms. The molecule has 0 saturated carbocycles. The molecule has 0 bridgehead atoms. The van der Waals surface area contributed by atoms with Crippen molar-refractivity contribution in [1.82, 2.24) is 0 Å². The molecule has 2 rings (SSSR count). The summed E-state index contributed by atoms with van der Waals surface area (Å²) in [5.74, 6) is 7.07. The average Bonchev–Trinajstić information content (AvgIpc) is 2.47. The number of allylic oxidation sites excluding steroid dienone is 1. The Morgan fingerprint density at radius 1 is 1.00 bits per heavy atom. The summed E-state index contributed by atoms with van der Waals surface area (Å²) in [6, 6.07) is 14.3. The molecule has 0 heterocycles. The summed E-state index contributed by atoms with van der Waals surface area (Å²) >= 11 is 0. The topological polar surface area (TPSA) is 9.23 Å². The first-order valence-electron chi connectivity index (χ1n) is 6.58. The molecular formula is C19H18O. The summed E-state index contributed by atoms with van der Waals surface area (Å²) < 4.78 is 5.30. The summed E-state index contributed by atoms with van der Waals surface area (Å²) in [7, 11) is 1.69. The second-order valence-electron chi connectivity index (χ2n) is 4.70. The zero-order valence-electron chi connectivity index (χ0n) is 12.1. The lowest BCUT2D eigenvalue weighted by Crippen LogP contribution is -1.87. The lowest BCUT2D eigenvalue weighted by molar-refractivity contribution is 0.411. The third kappa shape index (κ3) is 3.76. The fourth-order valence-corrected chi connectivity index (χ4v) is 1.84. The predicted molar refractivity (Wildman–Crippen MR) is 84.8 cm³/mol. The van der Waals surface area contributed by atoms with Gasteiger partial charge >= 0.3 is 0 Å². The minimum Gasteiger partial charge on any atom is -0.496 e. The monoisotopic (exact) mass is 262 g/mol. The first kappa shape index (κ1) is 14.0. The standard InChI is InChI=1S/C19H18O/c1-15-8-11-17(12-9-15)6-4-5-7-18-13-10-16(2)19(14-18)20-3/h5,7-14H,1-3H3/b7-5+. The fourth-order valence-electron chi connectivity index (χ4n) is 1.84. The van der Waals surface area contributed by atoms with Crippen molar-refractivity contribution in [3.63, 3.8) is 0 Å². The zero-order valence-corrected chi connectivity index (χ0v) is 12.1. The number of methoxy groups -OCH3 is 1. The van der Waals surface area contributed by atoms with Crippen molar-refractivity contribution < 1.29 is 4.74 Å². The Hall–Kier alpha value is -2.46. The molecule has 0 spiro atoms. The van der Waals surface area contributed by atoms with E-state index >= 15 is 0 Å². The van der Waals surface area contributed by atoms with Gasteiger partial charge in [0.1, 0.15) is 5.75 Å². The van der Waals surface area contributed by atoms with Gasteiger partial charge in [-0.1, -0.05) is 41.7 Å². The zero-order chi connectivity index (χ0) is 14.4. The Balaban J connectivity index is 2.09. The molecule has 0 aromatic heterocycles. The van der Waals surface area contributed by atoms with Gasteiger partial charge in [-0.2, -0.15) is 0 Å². The Morgan fingerprint density at radius 3 is 2.45 bits per heavy atom. The Labute approximate surface area is 120 Å². The maximum atomic E-state index is 5.30. The number of benzene rings is 2. The first-order chi connectivity index (χ1) is 9.69. The number of rotatable bonds is 2. The van der Waals surface area contributed by atoms with Gasteiger partial charge in [0.25, 0.3) is 0 Å². The molecule has 1 nitrogen and oxygen atoms in total. The molecule has 0 atom stereocenters. The Kier molecular flexibility index (Phi) is 4.63. The van der Waals surface area contributed by atoms with E-state index in [4.69, 9.17) is 4.74 Å². The van der Waals surface area contributed by atoms with Gasteiger partial charge in [0.15, 0.2) is 0 Å². The molecule has 100 valence electrons. The lowest BCUT2D eigenvalue weighted by Gasteiger charge is -2.04. The van der Waals surface area contributed by atoms with Crippen LogP contribution in [0, 0.1) is 25.7 Å². The van der Waals surface area contributed by atoms with Gasteiger partial charge in [0.05, 0.1) is 7.11 Å². The van der Waals surface area contributed by atoms with Crippen molar-refractivity contribution in [1.29, 1.82) is 0 Å². The molecule has 0 radical (unpaired) electrons. The van der Waals surface area contributed by atoms with Crippen molar-refractivity contribution in [2.75, 3.05) is 7.11 Å². The average molecular weight is 262 g/mol. The van der Waals surface area contributed by atoms with Crippen molar-refractivity contribution in [2.24, 2.45) is 0 Å². The van der Waals surface area contributed by atoms with Crippen molar-refractivity contribution in [3.8, 4) is 17.6 Å². The van der Waals surface area contributed by atoms with Crippen LogP contribution in [-0.2, 0) is 0 Å². The summed E-state index contributed by atoms with van der Waals surface area (Å²) in [4.78, 5) is 0. The maximum absolute atomic E-state index is 5.30. The van der Waals surface area contributed by atoms with E-state index in [1.54, 1.807) is 7.11 Å². The molecular weight excluding hydrogens is 244 g/mol. The summed E-state index contributed by atoms with van der Waals surface area (Å²) in [5, 5.41) is 0. The van der Waals surface area contributed by atoms with Crippen molar-refractivity contribution in [3.05, 3.63) is 70.8 Å². The van der Waals surface area contributed by atoms with E-state index in [0.29, 0.717) is 0 Å². The smallest absolute Gasteiger partial charge is 0.122 e. The van der Waals surface area contributed by atoms with E-state index in [0.717, 1.165) is 22.4 Å². The predicted octanol–water partition coefficient (Wildman–Crippen LogP) is 4.38. The second-order valence-corrected chi connectivity index (χ2v) is 4.70.